The number of hydrogen-bond acceptors (Lipinski definition) is 2. The zero-order chi connectivity index (χ0) is 10.3. The van der Waals surface area contributed by atoms with Crippen molar-refractivity contribution >= 4 is 19.8 Å². The molecule has 0 rings (SSSR count). The number of unbranched alkanes of at least 4 members (excludes halogenated alkanes) is 1. The van der Waals surface area contributed by atoms with Crippen molar-refractivity contribution in [2.24, 2.45) is 4.99 Å². The summed E-state index contributed by atoms with van der Waals surface area (Å²) in [7, 11) is 1.72. The Kier molecular flexibility index (Phi) is 6.44. The average Bonchev–Trinajstić information content (AvgIpc) is 2.01. The fourth-order valence-electron chi connectivity index (χ4n) is 0.715. The molecule has 0 spiro atoms. The van der Waals surface area contributed by atoms with Gasteiger partial charge in [0.25, 0.3) is 0 Å². The van der Waals surface area contributed by atoms with Crippen LogP contribution in [0.2, 0.25) is 5.32 Å². The van der Waals surface area contributed by atoms with E-state index in [9.17, 15) is 0 Å². The number of ether oxygens (including phenoxy) is 1. The third-order valence-electron chi connectivity index (χ3n) is 1.32. The standard InChI is InChI=1S/C10H21NOSe/c1-6-7-8-13-9(12-5)11-10(2,3)4/h6-8H2,1-5H3. The second-order valence-electron chi connectivity index (χ2n) is 3.95. The van der Waals surface area contributed by atoms with E-state index in [4.69, 9.17) is 4.74 Å². The number of methoxy groups -OCH3 is 1. The van der Waals surface area contributed by atoms with Gasteiger partial charge in [0.15, 0.2) is 0 Å². The molecule has 0 aliphatic carbocycles. The Hall–Kier alpha value is -0.0105. The Bertz CT molecular complexity index is 161. The van der Waals surface area contributed by atoms with Crippen LogP contribution in [-0.4, -0.2) is 32.4 Å². The number of rotatable bonds is 4. The second-order valence-corrected chi connectivity index (χ2v) is 6.15. The predicted molar refractivity (Wildman–Crippen MR) is 59.7 cm³/mol. The van der Waals surface area contributed by atoms with E-state index < -0.39 is 0 Å². The first-order valence-corrected chi connectivity index (χ1v) is 6.83. The molecule has 2 nitrogen and oxygen atoms in total. The SMILES string of the molecule is CCCC[Se]C(=NC(C)(C)C)OC. The van der Waals surface area contributed by atoms with Crippen LogP contribution in [0.15, 0.2) is 4.99 Å². The minimum atomic E-state index is -0.000687. The Balaban J connectivity index is 3.95. The van der Waals surface area contributed by atoms with Crippen molar-refractivity contribution in [3.05, 3.63) is 0 Å². The van der Waals surface area contributed by atoms with E-state index in [2.05, 4.69) is 32.7 Å². The number of aliphatic imine (C=N–C) groups is 1. The molecule has 0 bridgehead atoms. The Labute approximate surface area is 88.3 Å². The molecule has 78 valence electrons. The van der Waals surface area contributed by atoms with Crippen molar-refractivity contribution in [2.75, 3.05) is 7.11 Å². The van der Waals surface area contributed by atoms with Crippen LogP contribution in [0.25, 0.3) is 0 Å². The van der Waals surface area contributed by atoms with E-state index in [1.54, 1.807) is 7.11 Å². The van der Waals surface area contributed by atoms with E-state index in [0.29, 0.717) is 15.0 Å². The topological polar surface area (TPSA) is 21.6 Å². The van der Waals surface area contributed by atoms with Gasteiger partial charge >= 0.3 is 88.0 Å². The molecule has 0 aromatic heterocycles. The molecule has 0 aliphatic heterocycles. The van der Waals surface area contributed by atoms with Crippen LogP contribution in [0.4, 0.5) is 0 Å². The van der Waals surface area contributed by atoms with Crippen molar-refractivity contribution in [1.82, 2.24) is 0 Å². The van der Waals surface area contributed by atoms with Crippen LogP contribution in [0.1, 0.15) is 40.5 Å². The fraction of sp³-hybridized carbons (Fsp3) is 0.900. The zero-order valence-electron chi connectivity index (χ0n) is 9.39. The first-order valence-electron chi connectivity index (χ1n) is 4.76. The molecule has 0 atom stereocenters. The van der Waals surface area contributed by atoms with Gasteiger partial charge in [0.2, 0.25) is 0 Å². The van der Waals surface area contributed by atoms with Crippen molar-refractivity contribution in [1.29, 1.82) is 0 Å². The van der Waals surface area contributed by atoms with E-state index in [1.807, 2.05) is 0 Å². The van der Waals surface area contributed by atoms with Crippen LogP contribution < -0.4 is 0 Å². The number of nitrogens with zero attached hydrogens (tertiary/aromatic N) is 1. The number of hydrogen-bond donors (Lipinski definition) is 0. The molecule has 0 saturated heterocycles. The molecule has 0 unspecified atom stereocenters. The molecular weight excluding hydrogens is 229 g/mol. The Morgan fingerprint density at radius 2 is 2.00 bits per heavy atom. The van der Waals surface area contributed by atoms with E-state index >= 15 is 0 Å². The summed E-state index contributed by atoms with van der Waals surface area (Å²) in [5.41, 5.74) is -0.000687. The Morgan fingerprint density at radius 1 is 1.38 bits per heavy atom. The van der Waals surface area contributed by atoms with Crippen molar-refractivity contribution in [3.8, 4) is 0 Å². The van der Waals surface area contributed by atoms with Gasteiger partial charge in [0.1, 0.15) is 0 Å². The molecule has 0 aromatic rings. The summed E-state index contributed by atoms with van der Waals surface area (Å²) in [5, 5.41) is 1.24. The summed E-state index contributed by atoms with van der Waals surface area (Å²) >= 11 is 0.429. The van der Waals surface area contributed by atoms with Gasteiger partial charge in [-0.05, 0) is 0 Å². The second kappa shape index (κ2) is 6.44. The van der Waals surface area contributed by atoms with Crippen LogP contribution in [-0.2, 0) is 4.74 Å². The maximum atomic E-state index is 5.25. The Morgan fingerprint density at radius 3 is 2.38 bits per heavy atom. The first-order chi connectivity index (χ1) is 5.99. The average molecular weight is 250 g/mol. The molecule has 0 saturated carbocycles. The summed E-state index contributed by atoms with van der Waals surface area (Å²) in [6, 6.07) is 0. The van der Waals surface area contributed by atoms with Crippen molar-refractivity contribution in [2.45, 2.75) is 51.4 Å². The van der Waals surface area contributed by atoms with Gasteiger partial charge in [-0.25, -0.2) is 0 Å². The van der Waals surface area contributed by atoms with E-state index in [-0.39, 0.29) is 5.54 Å². The monoisotopic (exact) mass is 251 g/mol. The summed E-state index contributed by atoms with van der Waals surface area (Å²) in [6.07, 6.45) is 2.54. The van der Waals surface area contributed by atoms with Gasteiger partial charge in [-0.3, -0.25) is 0 Å². The van der Waals surface area contributed by atoms with Crippen molar-refractivity contribution < 1.29 is 4.74 Å². The molecule has 13 heavy (non-hydrogen) atoms. The molecule has 0 aliphatic rings. The fourth-order valence-corrected chi connectivity index (χ4v) is 2.95. The molecule has 0 heterocycles. The predicted octanol–water partition coefficient (Wildman–Crippen LogP) is 2.71. The van der Waals surface area contributed by atoms with Gasteiger partial charge in [-0.15, -0.1) is 0 Å². The summed E-state index contributed by atoms with van der Waals surface area (Å²) < 4.78 is 5.25. The third kappa shape index (κ3) is 8.32. The zero-order valence-corrected chi connectivity index (χ0v) is 11.1. The van der Waals surface area contributed by atoms with E-state index in [1.165, 1.54) is 18.2 Å². The van der Waals surface area contributed by atoms with Gasteiger partial charge in [-0.1, -0.05) is 0 Å². The molecule has 0 amide bonds. The van der Waals surface area contributed by atoms with Crippen LogP contribution in [0, 0.1) is 0 Å². The summed E-state index contributed by atoms with van der Waals surface area (Å²) in [6.45, 7) is 8.51. The molecule has 0 fully saturated rings. The van der Waals surface area contributed by atoms with Gasteiger partial charge in [-0.2, -0.15) is 0 Å². The molecular formula is C10H21NOSe. The van der Waals surface area contributed by atoms with Crippen LogP contribution in [0.3, 0.4) is 0 Å². The summed E-state index contributed by atoms with van der Waals surface area (Å²) in [5.74, 6) is 0. The molecule has 0 N–H and O–H groups in total. The maximum absolute atomic E-state index is 5.25. The van der Waals surface area contributed by atoms with Gasteiger partial charge in [0, 0.05) is 0 Å². The quantitative estimate of drug-likeness (QED) is 0.325. The van der Waals surface area contributed by atoms with Crippen LogP contribution in [0.5, 0.6) is 0 Å². The van der Waals surface area contributed by atoms with E-state index in [0.717, 1.165) is 4.80 Å². The minimum absolute atomic E-state index is 0.000687. The van der Waals surface area contributed by atoms with Crippen molar-refractivity contribution in [3.63, 3.8) is 0 Å². The normalized spacial score (nSPS) is 13.2. The molecule has 0 radical (unpaired) electrons. The molecule has 0 aromatic carbocycles. The molecule has 3 heteroatoms. The summed E-state index contributed by atoms with van der Waals surface area (Å²) in [4.78, 5) is 5.47. The first kappa shape index (κ1) is 13.0. The van der Waals surface area contributed by atoms with Gasteiger partial charge in [0.05, 0.1) is 0 Å². The van der Waals surface area contributed by atoms with Gasteiger partial charge < -0.3 is 0 Å². The third-order valence-corrected chi connectivity index (χ3v) is 3.42. The van der Waals surface area contributed by atoms with Crippen LogP contribution >= 0.6 is 0 Å².